The van der Waals surface area contributed by atoms with Crippen molar-refractivity contribution in [1.82, 2.24) is 14.3 Å². The monoisotopic (exact) mass is 376 g/mol. The first-order chi connectivity index (χ1) is 13.6. The fourth-order valence-electron chi connectivity index (χ4n) is 3.99. The molecule has 3 heterocycles. The highest BCUT2D eigenvalue weighted by molar-refractivity contribution is 6.08. The fourth-order valence-corrected chi connectivity index (χ4v) is 3.99. The third kappa shape index (κ3) is 4.09. The standard InChI is InChI=1S/C23H28N4O/c1-17-16-18(2)27-15-11-21(22(27)24-17)23(28)25-20-8-6-19(7-9-20)10-14-26-12-4-3-5-13-26/h6-9,11,15-16H,3-5,10,12-14H2,1-2H3,(H,25,28). The van der Waals surface area contributed by atoms with Crippen LogP contribution in [0.1, 0.15) is 46.6 Å². The highest BCUT2D eigenvalue weighted by Gasteiger charge is 2.14. The van der Waals surface area contributed by atoms with Gasteiger partial charge in [0.05, 0.1) is 5.56 Å². The van der Waals surface area contributed by atoms with E-state index in [9.17, 15) is 4.79 Å². The topological polar surface area (TPSA) is 49.6 Å². The molecule has 4 rings (SSSR count). The van der Waals surface area contributed by atoms with Crippen LogP contribution in [0.25, 0.3) is 5.65 Å². The van der Waals surface area contributed by atoms with Crippen LogP contribution in [0.4, 0.5) is 5.69 Å². The van der Waals surface area contributed by atoms with Gasteiger partial charge in [-0.15, -0.1) is 0 Å². The first-order valence-electron chi connectivity index (χ1n) is 10.2. The van der Waals surface area contributed by atoms with E-state index < -0.39 is 0 Å². The van der Waals surface area contributed by atoms with Crippen molar-refractivity contribution in [2.75, 3.05) is 25.0 Å². The summed E-state index contributed by atoms with van der Waals surface area (Å²) < 4.78 is 1.95. The molecule has 1 N–H and O–H groups in total. The second-order valence-corrected chi connectivity index (χ2v) is 7.77. The SMILES string of the molecule is Cc1cc(C)n2ccc(C(=O)Nc3ccc(CCN4CCCCC4)cc3)c2n1. The Kier molecular flexibility index (Phi) is 5.44. The molecule has 1 fully saturated rings. The summed E-state index contributed by atoms with van der Waals surface area (Å²) in [5.41, 5.74) is 5.41. The van der Waals surface area contributed by atoms with Gasteiger partial charge in [0.25, 0.3) is 5.91 Å². The Bertz CT molecular complexity index is 968. The van der Waals surface area contributed by atoms with Crippen LogP contribution in [0.2, 0.25) is 0 Å². The van der Waals surface area contributed by atoms with E-state index in [1.807, 2.05) is 48.7 Å². The number of anilines is 1. The first kappa shape index (κ1) is 18.7. The van der Waals surface area contributed by atoms with E-state index in [2.05, 4.69) is 27.3 Å². The number of piperidine rings is 1. The molecule has 146 valence electrons. The summed E-state index contributed by atoms with van der Waals surface area (Å²) in [6.07, 6.45) is 6.98. The van der Waals surface area contributed by atoms with Crippen LogP contribution in [0.15, 0.2) is 42.6 Å². The smallest absolute Gasteiger partial charge is 0.259 e. The molecule has 0 radical (unpaired) electrons. The van der Waals surface area contributed by atoms with Crippen LogP contribution < -0.4 is 5.32 Å². The van der Waals surface area contributed by atoms with E-state index in [-0.39, 0.29) is 5.91 Å². The first-order valence-corrected chi connectivity index (χ1v) is 10.2. The summed E-state index contributed by atoms with van der Waals surface area (Å²) in [5.74, 6) is -0.124. The lowest BCUT2D eigenvalue weighted by Gasteiger charge is -2.26. The van der Waals surface area contributed by atoms with Crippen molar-refractivity contribution >= 4 is 17.2 Å². The van der Waals surface area contributed by atoms with Gasteiger partial charge in [-0.25, -0.2) is 4.98 Å². The summed E-state index contributed by atoms with van der Waals surface area (Å²) in [7, 11) is 0. The molecule has 1 saturated heterocycles. The molecule has 0 bridgehead atoms. The van der Waals surface area contributed by atoms with Crippen LogP contribution in [0, 0.1) is 13.8 Å². The van der Waals surface area contributed by atoms with Crippen molar-refractivity contribution in [2.45, 2.75) is 39.5 Å². The predicted octanol–water partition coefficient (Wildman–Crippen LogP) is 4.23. The molecule has 0 unspecified atom stereocenters. The quantitative estimate of drug-likeness (QED) is 0.725. The van der Waals surface area contributed by atoms with Crippen LogP contribution in [-0.2, 0) is 6.42 Å². The van der Waals surface area contributed by atoms with Gasteiger partial charge in [0.2, 0.25) is 0 Å². The second-order valence-electron chi connectivity index (χ2n) is 7.77. The van der Waals surface area contributed by atoms with Crippen molar-refractivity contribution in [1.29, 1.82) is 0 Å². The zero-order valence-corrected chi connectivity index (χ0v) is 16.7. The second kappa shape index (κ2) is 8.15. The molecule has 0 saturated carbocycles. The van der Waals surface area contributed by atoms with E-state index in [0.717, 1.165) is 30.0 Å². The maximum Gasteiger partial charge on any atom is 0.259 e. The van der Waals surface area contributed by atoms with Crippen molar-refractivity contribution in [2.24, 2.45) is 0 Å². The number of amides is 1. The Hall–Kier alpha value is -2.66. The Balaban J connectivity index is 1.41. The average Bonchev–Trinajstić information content (AvgIpc) is 3.12. The summed E-state index contributed by atoms with van der Waals surface area (Å²) in [6, 6.07) is 12.1. The number of aryl methyl sites for hydroxylation is 2. The number of nitrogens with one attached hydrogen (secondary N) is 1. The van der Waals surface area contributed by atoms with Crippen LogP contribution in [0.3, 0.4) is 0 Å². The summed E-state index contributed by atoms with van der Waals surface area (Å²) >= 11 is 0. The maximum absolute atomic E-state index is 12.8. The Labute approximate surface area is 166 Å². The number of carbonyl (C=O) groups is 1. The molecule has 3 aromatic rings. The van der Waals surface area contributed by atoms with Crippen LogP contribution >= 0.6 is 0 Å². The lowest BCUT2D eigenvalue weighted by molar-refractivity contribution is 0.102. The van der Waals surface area contributed by atoms with Crippen molar-refractivity contribution in [3.63, 3.8) is 0 Å². The molecule has 1 aromatic carbocycles. The van der Waals surface area contributed by atoms with E-state index in [1.54, 1.807) is 0 Å². The number of nitrogens with zero attached hydrogens (tertiary/aromatic N) is 3. The van der Waals surface area contributed by atoms with Gasteiger partial charge in [-0.2, -0.15) is 0 Å². The number of carbonyl (C=O) groups excluding carboxylic acids is 1. The van der Waals surface area contributed by atoms with E-state index in [4.69, 9.17) is 0 Å². The van der Waals surface area contributed by atoms with Gasteiger partial charge in [0.15, 0.2) is 0 Å². The van der Waals surface area contributed by atoms with Crippen molar-refractivity contribution < 1.29 is 4.79 Å². The van der Waals surface area contributed by atoms with E-state index in [0.29, 0.717) is 11.2 Å². The van der Waals surface area contributed by atoms with Gasteiger partial charge in [-0.1, -0.05) is 18.6 Å². The number of fused-ring (bicyclic) bond motifs is 1. The highest BCUT2D eigenvalue weighted by Crippen LogP contribution is 2.17. The molecule has 5 heteroatoms. The third-order valence-electron chi connectivity index (χ3n) is 5.56. The molecule has 1 aliphatic rings. The maximum atomic E-state index is 12.8. The Morgan fingerprint density at radius 3 is 2.57 bits per heavy atom. The number of rotatable bonds is 5. The minimum absolute atomic E-state index is 0.124. The van der Waals surface area contributed by atoms with E-state index >= 15 is 0 Å². The summed E-state index contributed by atoms with van der Waals surface area (Å²) in [6.45, 7) is 7.54. The molecule has 2 aromatic heterocycles. The fraction of sp³-hybridized carbons (Fsp3) is 0.391. The van der Waals surface area contributed by atoms with Gasteiger partial charge in [-0.05, 0) is 76.0 Å². The predicted molar refractivity (Wildman–Crippen MR) is 113 cm³/mol. The molecule has 0 atom stereocenters. The Morgan fingerprint density at radius 1 is 1.07 bits per heavy atom. The Morgan fingerprint density at radius 2 is 1.82 bits per heavy atom. The van der Waals surface area contributed by atoms with Crippen molar-refractivity contribution in [3.05, 3.63) is 65.1 Å². The number of aromatic nitrogens is 2. The molecule has 1 aliphatic heterocycles. The highest BCUT2D eigenvalue weighted by atomic mass is 16.1. The normalized spacial score (nSPS) is 15.1. The third-order valence-corrected chi connectivity index (χ3v) is 5.56. The molecule has 28 heavy (non-hydrogen) atoms. The molecule has 0 spiro atoms. The van der Waals surface area contributed by atoms with Gasteiger partial charge < -0.3 is 14.6 Å². The zero-order valence-electron chi connectivity index (χ0n) is 16.7. The minimum Gasteiger partial charge on any atom is -0.322 e. The van der Waals surface area contributed by atoms with Crippen LogP contribution in [-0.4, -0.2) is 39.8 Å². The van der Waals surface area contributed by atoms with Gasteiger partial charge in [-0.3, -0.25) is 4.79 Å². The zero-order chi connectivity index (χ0) is 19.5. The van der Waals surface area contributed by atoms with E-state index in [1.165, 1.54) is 37.9 Å². The summed E-state index contributed by atoms with van der Waals surface area (Å²) in [5, 5.41) is 3.01. The summed E-state index contributed by atoms with van der Waals surface area (Å²) in [4.78, 5) is 19.8. The van der Waals surface area contributed by atoms with Gasteiger partial charge in [0, 0.05) is 29.8 Å². The molecule has 0 aliphatic carbocycles. The lowest BCUT2D eigenvalue weighted by Crippen LogP contribution is -2.31. The molecule has 1 amide bonds. The lowest BCUT2D eigenvalue weighted by atomic mass is 10.1. The number of benzene rings is 1. The largest absolute Gasteiger partial charge is 0.322 e. The molecular formula is C23H28N4O. The number of hydrogen-bond acceptors (Lipinski definition) is 3. The van der Waals surface area contributed by atoms with Crippen molar-refractivity contribution in [3.8, 4) is 0 Å². The van der Waals surface area contributed by atoms with Gasteiger partial charge in [0.1, 0.15) is 5.65 Å². The minimum atomic E-state index is -0.124. The average molecular weight is 377 g/mol. The van der Waals surface area contributed by atoms with Gasteiger partial charge >= 0.3 is 0 Å². The number of hydrogen-bond donors (Lipinski definition) is 1. The number of likely N-dealkylation sites (tertiary alicyclic amines) is 1. The molecule has 5 nitrogen and oxygen atoms in total. The molecular weight excluding hydrogens is 348 g/mol. The van der Waals surface area contributed by atoms with Crippen LogP contribution in [0.5, 0.6) is 0 Å².